The molecule has 2 fully saturated rings. The maximum atomic E-state index is 3.60. The molecule has 2 nitrogen and oxygen atoms in total. The lowest BCUT2D eigenvalue weighted by Crippen LogP contribution is -2.25. The van der Waals surface area contributed by atoms with Gasteiger partial charge in [0.25, 0.3) is 0 Å². The quantitative estimate of drug-likeness (QED) is 0.742. The summed E-state index contributed by atoms with van der Waals surface area (Å²) in [6.45, 7) is 7.11. The zero-order valence-electron chi connectivity index (χ0n) is 12.0. The highest BCUT2D eigenvalue weighted by molar-refractivity contribution is 7.11. The fourth-order valence-corrected chi connectivity index (χ4v) is 3.58. The number of hydrogen-bond donors (Lipinski definition) is 1. The van der Waals surface area contributed by atoms with Crippen molar-refractivity contribution in [2.45, 2.75) is 58.2 Å². The Morgan fingerprint density at radius 1 is 1.21 bits per heavy atom. The van der Waals surface area contributed by atoms with Crippen LogP contribution in [0.2, 0.25) is 0 Å². The highest BCUT2D eigenvalue weighted by Gasteiger charge is 2.24. The number of rotatable bonds is 9. The molecule has 19 heavy (non-hydrogen) atoms. The van der Waals surface area contributed by atoms with Crippen molar-refractivity contribution in [2.75, 3.05) is 13.1 Å². The van der Waals surface area contributed by atoms with E-state index < -0.39 is 0 Å². The second-order valence-electron chi connectivity index (χ2n) is 6.20. The van der Waals surface area contributed by atoms with Crippen LogP contribution in [0.25, 0.3) is 0 Å². The molecule has 0 saturated heterocycles. The first kappa shape index (κ1) is 13.6. The van der Waals surface area contributed by atoms with Gasteiger partial charge in [0.15, 0.2) is 0 Å². The number of nitrogens with zero attached hydrogens (tertiary/aromatic N) is 1. The second-order valence-corrected chi connectivity index (χ2v) is 7.45. The summed E-state index contributed by atoms with van der Waals surface area (Å²) in [5.41, 5.74) is 0. The smallest absolute Gasteiger partial charge is 0.0328 e. The van der Waals surface area contributed by atoms with Crippen LogP contribution in [0, 0.1) is 5.92 Å². The summed E-state index contributed by atoms with van der Waals surface area (Å²) >= 11 is 2.00. The van der Waals surface area contributed by atoms with Crippen LogP contribution >= 0.6 is 11.3 Å². The first-order chi connectivity index (χ1) is 9.33. The van der Waals surface area contributed by atoms with E-state index >= 15 is 0 Å². The van der Waals surface area contributed by atoms with E-state index in [0.29, 0.717) is 0 Å². The minimum atomic E-state index is 0.817. The van der Waals surface area contributed by atoms with Crippen LogP contribution in [0.15, 0.2) is 12.1 Å². The average molecular weight is 278 g/mol. The van der Waals surface area contributed by atoms with Crippen molar-refractivity contribution in [2.24, 2.45) is 5.92 Å². The van der Waals surface area contributed by atoms with Crippen molar-refractivity contribution < 1.29 is 0 Å². The van der Waals surface area contributed by atoms with E-state index in [1.807, 2.05) is 11.3 Å². The molecule has 3 rings (SSSR count). The molecule has 0 unspecified atom stereocenters. The Bertz CT molecular complexity index is 393. The number of nitrogens with one attached hydrogen (secondary N) is 1. The maximum absolute atomic E-state index is 3.60. The standard InChI is InChI=1S/C16H26N2S/c1-2-9-18(11-13-3-4-13)12-16-8-7-15(19-16)10-17-14-5-6-14/h7-8,13-14,17H,2-6,9-12H2,1H3. The third-order valence-corrected chi connectivity index (χ3v) is 5.06. The Hall–Kier alpha value is -0.380. The summed E-state index contributed by atoms with van der Waals surface area (Å²) in [7, 11) is 0. The predicted octanol–water partition coefficient (Wildman–Crippen LogP) is 3.62. The van der Waals surface area contributed by atoms with Gasteiger partial charge in [-0.15, -0.1) is 11.3 Å². The molecule has 0 aromatic carbocycles. The van der Waals surface area contributed by atoms with Crippen LogP contribution in [0.3, 0.4) is 0 Å². The SMILES string of the molecule is CCCN(Cc1ccc(CNC2CC2)s1)CC1CC1. The van der Waals surface area contributed by atoms with Gasteiger partial charge in [-0.1, -0.05) is 6.92 Å². The van der Waals surface area contributed by atoms with Crippen molar-refractivity contribution in [3.8, 4) is 0 Å². The molecule has 1 aromatic rings. The van der Waals surface area contributed by atoms with E-state index in [1.54, 1.807) is 4.88 Å². The molecule has 0 atom stereocenters. The summed E-state index contributed by atoms with van der Waals surface area (Å²) in [6.07, 6.45) is 6.95. The Balaban J connectivity index is 1.48. The van der Waals surface area contributed by atoms with Gasteiger partial charge in [0.05, 0.1) is 0 Å². The minimum Gasteiger partial charge on any atom is -0.309 e. The van der Waals surface area contributed by atoms with Crippen LogP contribution in [-0.2, 0) is 13.1 Å². The molecular formula is C16H26N2S. The van der Waals surface area contributed by atoms with E-state index in [0.717, 1.165) is 18.5 Å². The zero-order chi connectivity index (χ0) is 13.1. The van der Waals surface area contributed by atoms with Gasteiger partial charge >= 0.3 is 0 Å². The Labute approximate surface area is 121 Å². The fourth-order valence-electron chi connectivity index (χ4n) is 2.57. The fraction of sp³-hybridized carbons (Fsp3) is 0.750. The van der Waals surface area contributed by atoms with Crippen molar-refractivity contribution >= 4 is 11.3 Å². The van der Waals surface area contributed by atoms with Gasteiger partial charge in [-0.25, -0.2) is 0 Å². The normalized spacial score (nSPS) is 19.3. The molecule has 1 heterocycles. The summed E-state index contributed by atoms with van der Waals surface area (Å²) < 4.78 is 0. The summed E-state index contributed by atoms with van der Waals surface area (Å²) in [5.74, 6) is 1.00. The lowest BCUT2D eigenvalue weighted by Gasteiger charge is -2.20. The molecule has 0 spiro atoms. The largest absolute Gasteiger partial charge is 0.309 e. The van der Waals surface area contributed by atoms with E-state index in [2.05, 4.69) is 29.3 Å². The zero-order valence-corrected chi connectivity index (χ0v) is 12.8. The van der Waals surface area contributed by atoms with Gasteiger partial charge in [0.1, 0.15) is 0 Å². The molecule has 3 heteroatoms. The highest BCUT2D eigenvalue weighted by atomic mass is 32.1. The minimum absolute atomic E-state index is 0.817. The number of thiophene rings is 1. The molecular weight excluding hydrogens is 252 g/mol. The molecule has 2 aliphatic carbocycles. The van der Waals surface area contributed by atoms with Gasteiger partial charge in [0.2, 0.25) is 0 Å². The molecule has 0 bridgehead atoms. The van der Waals surface area contributed by atoms with Crippen LogP contribution in [0.4, 0.5) is 0 Å². The van der Waals surface area contributed by atoms with E-state index in [4.69, 9.17) is 0 Å². The van der Waals surface area contributed by atoms with Gasteiger partial charge in [-0.2, -0.15) is 0 Å². The molecule has 1 N–H and O–H groups in total. The van der Waals surface area contributed by atoms with Crippen LogP contribution in [-0.4, -0.2) is 24.0 Å². The summed E-state index contributed by atoms with van der Waals surface area (Å²) in [6, 6.07) is 5.47. The average Bonchev–Trinajstić information content (AvgIpc) is 3.30. The molecule has 2 aliphatic rings. The first-order valence-corrected chi connectivity index (χ1v) is 8.68. The van der Waals surface area contributed by atoms with Gasteiger partial charge in [0, 0.05) is 35.4 Å². The van der Waals surface area contributed by atoms with Crippen molar-refractivity contribution in [1.82, 2.24) is 10.2 Å². The van der Waals surface area contributed by atoms with E-state index in [9.17, 15) is 0 Å². The monoisotopic (exact) mass is 278 g/mol. The Morgan fingerprint density at radius 3 is 2.68 bits per heavy atom. The lowest BCUT2D eigenvalue weighted by molar-refractivity contribution is 0.257. The highest BCUT2D eigenvalue weighted by Crippen LogP contribution is 2.30. The molecule has 0 amide bonds. The molecule has 0 radical (unpaired) electrons. The van der Waals surface area contributed by atoms with Crippen molar-refractivity contribution in [3.63, 3.8) is 0 Å². The molecule has 1 aromatic heterocycles. The van der Waals surface area contributed by atoms with Crippen molar-refractivity contribution in [1.29, 1.82) is 0 Å². The lowest BCUT2D eigenvalue weighted by atomic mass is 10.3. The molecule has 2 saturated carbocycles. The third-order valence-electron chi connectivity index (χ3n) is 3.99. The number of hydrogen-bond acceptors (Lipinski definition) is 3. The van der Waals surface area contributed by atoms with Crippen LogP contribution in [0.1, 0.15) is 48.8 Å². The van der Waals surface area contributed by atoms with E-state index in [-0.39, 0.29) is 0 Å². The van der Waals surface area contributed by atoms with Crippen molar-refractivity contribution in [3.05, 3.63) is 21.9 Å². The van der Waals surface area contributed by atoms with Crippen LogP contribution in [0.5, 0.6) is 0 Å². The summed E-state index contributed by atoms with van der Waals surface area (Å²) in [5, 5.41) is 3.60. The predicted molar refractivity (Wildman–Crippen MR) is 82.5 cm³/mol. The van der Waals surface area contributed by atoms with Gasteiger partial charge in [-0.05, 0) is 56.7 Å². The van der Waals surface area contributed by atoms with E-state index in [1.165, 1.54) is 56.6 Å². The molecule has 106 valence electrons. The first-order valence-electron chi connectivity index (χ1n) is 7.87. The Kier molecular flexibility index (Phi) is 4.57. The van der Waals surface area contributed by atoms with Gasteiger partial charge < -0.3 is 5.32 Å². The summed E-state index contributed by atoms with van der Waals surface area (Å²) in [4.78, 5) is 5.70. The third kappa shape index (κ3) is 4.59. The Morgan fingerprint density at radius 2 is 2.00 bits per heavy atom. The molecule has 0 aliphatic heterocycles. The van der Waals surface area contributed by atoms with Gasteiger partial charge in [-0.3, -0.25) is 4.90 Å². The maximum Gasteiger partial charge on any atom is 0.0328 e. The topological polar surface area (TPSA) is 15.3 Å². The van der Waals surface area contributed by atoms with Crippen LogP contribution < -0.4 is 5.32 Å². The second kappa shape index (κ2) is 6.38.